The number of hydrogen-bond donors (Lipinski definition) is 0. The van der Waals surface area contributed by atoms with Crippen LogP contribution in [-0.2, 0) is 9.53 Å². The Morgan fingerprint density at radius 1 is 1.18 bits per heavy atom. The first-order chi connectivity index (χ1) is 16.5. The Balaban J connectivity index is 1.58. The first-order valence-electron chi connectivity index (χ1n) is 10.1. The number of amides is 1. The number of benzene rings is 2. The lowest BCUT2D eigenvalue weighted by atomic mass is 10.3. The lowest BCUT2D eigenvalue weighted by molar-refractivity contribution is -0.122. The monoisotopic (exact) mass is 578 g/mol. The fraction of sp³-hybridized carbons (Fsp3) is 0.167. The Kier molecular flexibility index (Phi) is 8.44. The van der Waals surface area contributed by atoms with Gasteiger partial charge in [0, 0.05) is 23.1 Å². The third-order valence-electron chi connectivity index (χ3n) is 4.68. The smallest absolute Gasteiger partial charge is 0.266 e. The van der Waals surface area contributed by atoms with Crippen LogP contribution < -0.4 is 4.74 Å². The van der Waals surface area contributed by atoms with Gasteiger partial charge in [0.25, 0.3) is 5.91 Å². The predicted octanol–water partition coefficient (Wildman–Crippen LogP) is 7.11. The summed E-state index contributed by atoms with van der Waals surface area (Å²) < 4.78 is 17.2. The molecule has 1 saturated heterocycles. The average molecular weight is 580 g/mol. The van der Waals surface area contributed by atoms with Gasteiger partial charge >= 0.3 is 0 Å². The number of ether oxygens (including phenoxy) is 2. The van der Waals surface area contributed by atoms with Crippen LogP contribution in [0.5, 0.6) is 5.75 Å². The molecule has 6 nitrogen and oxygen atoms in total. The van der Waals surface area contributed by atoms with Crippen LogP contribution in [0.4, 0.5) is 5.69 Å². The summed E-state index contributed by atoms with van der Waals surface area (Å²) in [4.78, 5) is 20.9. The molecule has 2 aromatic carbocycles. The number of hydrogen-bond acceptors (Lipinski definition) is 7. The quantitative estimate of drug-likeness (QED) is 0.265. The molecule has 0 atom stereocenters. The summed E-state index contributed by atoms with van der Waals surface area (Å²) in [5.74, 6) is 1.16. The van der Waals surface area contributed by atoms with Crippen molar-refractivity contribution in [3.63, 3.8) is 0 Å². The largest absolute Gasteiger partial charge is 0.497 e. The van der Waals surface area contributed by atoms with Crippen molar-refractivity contribution >= 4 is 73.9 Å². The van der Waals surface area contributed by atoms with Crippen LogP contribution in [0.3, 0.4) is 0 Å². The summed E-state index contributed by atoms with van der Waals surface area (Å²) in [6, 6.07) is 16.7. The number of thioether (sulfide) groups is 1. The molecule has 2 heterocycles. The van der Waals surface area contributed by atoms with Gasteiger partial charge in [-0.2, -0.15) is 0 Å². The van der Waals surface area contributed by atoms with E-state index in [4.69, 9.17) is 25.5 Å². The lowest BCUT2D eigenvalue weighted by Crippen LogP contribution is -2.32. The normalized spacial score (nSPS) is 16.1. The van der Waals surface area contributed by atoms with Gasteiger partial charge in [-0.15, -0.1) is 0 Å². The van der Waals surface area contributed by atoms with E-state index < -0.39 is 0 Å². The molecule has 176 valence electrons. The molecular weight excluding hydrogens is 560 g/mol. The van der Waals surface area contributed by atoms with Gasteiger partial charge in [0.05, 0.1) is 35.3 Å². The van der Waals surface area contributed by atoms with Gasteiger partial charge in [0.15, 0.2) is 10.3 Å². The fourth-order valence-electron chi connectivity index (χ4n) is 2.99. The highest BCUT2D eigenvalue weighted by atomic mass is 79.9. The maximum Gasteiger partial charge on any atom is 0.266 e. The highest BCUT2D eigenvalue weighted by Gasteiger charge is 2.33. The maximum absolute atomic E-state index is 13.1. The molecule has 1 amide bonds. The van der Waals surface area contributed by atoms with Crippen molar-refractivity contribution in [2.75, 3.05) is 27.4 Å². The molecule has 0 aliphatic carbocycles. The minimum absolute atomic E-state index is 0.145. The first-order valence-corrected chi connectivity index (χ1v) is 12.9. The number of furan rings is 1. The van der Waals surface area contributed by atoms with E-state index in [1.54, 1.807) is 25.2 Å². The second-order valence-electron chi connectivity index (χ2n) is 6.99. The van der Waals surface area contributed by atoms with Crippen LogP contribution in [0.15, 0.2) is 83.4 Å². The number of aliphatic imine (C=N–C) groups is 1. The summed E-state index contributed by atoms with van der Waals surface area (Å²) >= 11 is 12.3. The number of nitrogens with zero attached hydrogens (tertiary/aromatic N) is 2. The third kappa shape index (κ3) is 6.09. The average Bonchev–Trinajstić information content (AvgIpc) is 3.32. The van der Waals surface area contributed by atoms with Gasteiger partial charge in [-0.25, -0.2) is 4.99 Å². The molecule has 4 rings (SSSR count). The van der Waals surface area contributed by atoms with Crippen molar-refractivity contribution < 1.29 is 18.7 Å². The zero-order valence-corrected chi connectivity index (χ0v) is 22.3. The minimum atomic E-state index is -0.145. The maximum atomic E-state index is 13.1. The van der Waals surface area contributed by atoms with Crippen molar-refractivity contribution in [2.24, 2.45) is 4.99 Å². The number of methoxy groups -OCH3 is 2. The van der Waals surface area contributed by atoms with Crippen molar-refractivity contribution in [3.05, 3.63) is 74.8 Å². The molecule has 1 fully saturated rings. The number of carbonyl (C=O) groups excluding carboxylic acids is 1. The number of amidine groups is 1. The molecule has 1 aliphatic rings. The van der Waals surface area contributed by atoms with Crippen molar-refractivity contribution in [1.82, 2.24) is 4.90 Å². The van der Waals surface area contributed by atoms with E-state index in [2.05, 4.69) is 20.9 Å². The summed E-state index contributed by atoms with van der Waals surface area (Å²) in [7, 11) is 3.22. The first kappa shape index (κ1) is 24.9. The van der Waals surface area contributed by atoms with Gasteiger partial charge in [-0.1, -0.05) is 23.4 Å². The van der Waals surface area contributed by atoms with E-state index >= 15 is 0 Å². The fourth-order valence-corrected chi connectivity index (χ4v) is 5.45. The number of rotatable bonds is 8. The van der Waals surface area contributed by atoms with E-state index in [0.29, 0.717) is 39.1 Å². The van der Waals surface area contributed by atoms with Gasteiger partial charge in [-0.05, 0) is 82.3 Å². The van der Waals surface area contributed by atoms with E-state index in [0.717, 1.165) is 20.8 Å². The van der Waals surface area contributed by atoms with Crippen LogP contribution >= 0.6 is 51.1 Å². The van der Waals surface area contributed by atoms with E-state index in [1.807, 2.05) is 54.6 Å². The highest BCUT2D eigenvalue weighted by molar-refractivity contribution is 9.10. The van der Waals surface area contributed by atoms with E-state index in [-0.39, 0.29) is 5.91 Å². The minimum Gasteiger partial charge on any atom is -0.497 e. The molecule has 34 heavy (non-hydrogen) atoms. The molecule has 0 radical (unpaired) electrons. The lowest BCUT2D eigenvalue weighted by Gasteiger charge is -2.14. The summed E-state index contributed by atoms with van der Waals surface area (Å²) in [5, 5.41) is 1.95. The van der Waals surface area contributed by atoms with E-state index in [9.17, 15) is 4.79 Å². The molecule has 1 aromatic heterocycles. The predicted molar refractivity (Wildman–Crippen MR) is 141 cm³/mol. The molecule has 1 aliphatic heterocycles. The molecule has 10 heteroatoms. The van der Waals surface area contributed by atoms with Crippen LogP contribution in [0.1, 0.15) is 5.76 Å². The van der Waals surface area contributed by atoms with Crippen molar-refractivity contribution in [3.8, 4) is 5.75 Å². The summed E-state index contributed by atoms with van der Waals surface area (Å²) in [6.45, 7) is 0.795. The molecule has 0 spiro atoms. The Hall–Kier alpha value is -2.17. The van der Waals surface area contributed by atoms with Gasteiger partial charge in [0.2, 0.25) is 0 Å². The second-order valence-corrected chi connectivity index (χ2v) is 10.3. The van der Waals surface area contributed by atoms with Gasteiger partial charge < -0.3 is 13.9 Å². The number of carbonyl (C=O) groups is 1. The van der Waals surface area contributed by atoms with Gasteiger partial charge in [-0.3, -0.25) is 9.69 Å². The van der Waals surface area contributed by atoms with Gasteiger partial charge in [0.1, 0.15) is 11.5 Å². The zero-order valence-electron chi connectivity index (χ0n) is 18.3. The Morgan fingerprint density at radius 3 is 2.59 bits per heavy atom. The van der Waals surface area contributed by atoms with Crippen LogP contribution in [0.25, 0.3) is 6.08 Å². The highest BCUT2D eigenvalue weighted by Crippen LogP contribution is 2.39. The van der Waals surface area contributed by atoms with Crippen LogP contribution in [0, 0.1) is 0 Å². The molecule has 0 N–H and O–H groups in total. The molecule has 0 saturated carbocycles. The van der Waals surface area contributed by atoms with Crippen molar-refractivity contribution in [2.45, 2.75) is 9.99 Å². The molecule has 3 aromatic rings. The SMILES string of the molecule is COCCN1C(=O)C(=Cc2cc(Br)c(Sc3ccc(Cl)cc3)o2)SC1=Nc1ccc(OC)cc1. The molecule has 0 bridgehead atoms. The van der Waals surface area contributed by atoms with Crippen LogP contribution in [-0.4, -0.2) is 43.3 Å². The van der Waals surface area contributed by atoms with Crippen LogP contribution in [0.2, 0.25) is 5.02 Å². The van der Waals surface area contributed by atoms with Crippen molar-refractivity contribution in [1.29, 1.82) is 0 Å². The molecule has 0 unspecified atom stereocenters. The number of halogens is 2. The molecular formula is C24H20BrClN2O4S2. The summed E-state index contributed by atoms with van der Waals surface area (Å²) in [6.07, 6.45) is 1.74. The zero-order chi connectivity index (χ0) is 24.1. The second kappa shape index (κ2) is 11.5. The Bertz CT molecular complexity index is 1230. The Labute approximate surface area is 219 Å². The summed E-state index contributed by atoms with van der Waals surface area (Å²) in [5.41, 5.74) is 0.724. The van der Waals surface area contributed by atoms with E-state index in [1.165, 1.54) is 23.5 Å². The Morgan fingerprint density at radius 2 is 1.91 bits per heavy atom. The topological polar surface area (TPSA) is 64.3 Å². The standard InChI is InChI=1S/C24H20BrClN2O4S2/c1-30-12-11-28-22(29)21(34-24(28)27-16-5-7-17(31-2)8-6-16)14-18-13-20(25)23(32-18)33-19-9-3-15(26)4-10-19/h3-10,13-14H,11-12H2,1-2H3. The third-order valence-corrected chi connectivity index (χ3v) is 7.78.